The molecular weight excluding hydrogens is 272 g/mol. The Morgan fingerprint density at radius 1 is 1.15 bits per heavy atom. The Morgan fingerprint density at radius 2 is 1.95 bits per heavy atom. The number of rotatable bonds is 2. The van der Waals surface area contributed by atoms with Crippen LogP contribution in [0.1, 0.15) is 5.56 Å². The zero-order valence-corrected chi connectivity index (χ0v) is 11.6. The summed E-state index contributed by atoms with van der Waals surface area (Å²) in [6.07, 6.45) is 0. The molecule has 2 aromatic carbocycles. The third-order valence-corrected chi connectivity index (χ3v) is 3.48. The van der Waals surface area contributed by atoms with E-state index in [-0.39, 0.29) is 0 Å². The van der Waals surface area contributed by atoms with Gasteiger partial charge in [0.1, 0.15) is 0 Å². The van der Waals surface area contributed by atoms with Crippen molar-refractivity contribution < 1.29 is 0 Å². The molecule has 0 aliphatic rings. The number of nitrogens with two attached hydrogens (primary N) is 1. The summed E-state index contributed by atoms with van der Waals surface area (Å²) >= 11 is 5.92. The Kier molecular flexibility index (Phi) is 3.16. The van der Waals surface area contributed by atoms with Crippen LogP contribution >= 0.6 is 11.6 Å². The normalized spacial score (nSPS) is 10.7. The van der Waals surface area contributed by atoms with Gasteiger partial charge in [-0.1, -0.05) is 35.9 Å². The number of anilines is 1. The first-order chi connectivity index (χ1) is 9.65. The van der Waals surface area contributed by atoms with E-state index < -0.39 is 0 Å². The van der Waals surface area contributed by atoms with E-state index >= 15 is 0 Å². The molecule has 3 aromatic rings. The van der Waals surface area contributed by atoms with Gasteiger partial charge in [-0.25, -0.2) is 4.98 Å². The number of benzene rings is 2. The van der Waals surface area contributed by atoms with E-state index in [0.717, 1.165) is 22.5 Å². The molecule has 4 nitrogen and oxygen atoms in total. The molecule has 0 saturated heterocycles. The van der Waals surface area contributed by atoms with E-state index in [9.17, 15) is 0 Å². The van der Waals surface area contributed by atoms with Crippen LogP contribution in [-0.2, 0) is 0 Å². The van der Waals surface area contributed by atoms with Crippen LogP contribution in [0.5, 0.6) is 0 Å². The summed E-state index contributed by atoms with van der Waals surface area (Å²) in [6.45, 7) is 2.04. The minimum absolute atomic E-state index is 0.520. The van der Waals surface area contributed by atoms with Crippen LogP contribution in [0.2, 0.25) is 5.02 Å². The summed E-state index contributed by atoms with van der Waals surface area (Å²) in [5, 5.41) is 7.73. The lowest BCUT2D eigenvalue weighted by Gasteiger charge is -2.01. The minimum atomic E-state index is 0.520. The van der Waals surface area contributed by atoms with Crippen LogP contribution in [-0.4, -0.2) is 15.2 Å². The first-order valence-electron chi connectivity index (χ1n) is 6.19. The molecule has 0 radical (unpaired) electrons. The first kappa shape index (κ1) is 12.7. The number of nitrogens with zero attached hydrogens (tertiary/aromatic N) is 2. The Labute approximate surface area is 121 Å². The van der Waals surface area contributed by atoms with Crippen molar-refractivity contribution in [3.05, 3.63) is 53.1 Å². The molecule has 0 bridgehead atoms. The molecular formula is C15H13ClN4. The predicted molar refractivity (Wildman–Crippen MR) is 81.4 cm³/mol. The molecule has 0 atom stereocenters. The Balaban J connectivity index is 2.02. The van der Waals surface area contributed by atoms with E-state index in [2.05, 4.69) is 15.2 Å². The van der Waals surface area contributed by atoms with Crippen molar-refractivity contribution >= 4 is 17.3 Å². The van der Waals surface area contributed by atoms with Crippen molar-refractivity contribution in [3.63, 3.8) is 0 Å². The molecule has 0 aliphatic heterocycles. The fourth-order valence-corrected chi connectivity index (χ4v) is 2.15. The second kappa shape index (κ2) is 4.98. The van der Waals surface area contributed by atoms with Crippen molar-refractivity contribution in [2.24, 2.45) is 0 Å². The van der Waals surface area contributed by atoms with Gasteiger partial charge in [0.15, 0.2) is 11.6 Å². The summed E-state index contributed by atoms with van der Waals surface area (Å²) < 4.78 is 0. The van der Waals surface area contributed by atoms with Gasteiger partial charge < -0.3 is 5.73 Å². The van der Waals surface area contributed by atoms with Crippen molar-refractivity contribution in [3.8, 4) is 22.8 Å². The quantitative estimate of drug-likeness (QED) is 0.705. The van der Waals surface area contributed by atoms with Crippen LogP contribution < -0.4 is 5.73 Å². The summed E-state index contributed by atoms with van der Waals surface area (Å²) in [7, 11) is 0. The number of H-pyrrole nitrogens is 1. The fourth-order valence-electron chi connectivity index (χ4n) is 2.03. The molecule has 0 amide bonds. The van der Waals surface area contributed by atoms with Crippen molar-refractivity contribution in [1.82, 2.24) is 15.2 Å². The van der Waals surface area contributed by atoms with E-state index in [1.165, 1.54) is 0 Å². The van der Waals surface area contributed by atoms with E-state index in [1.807, 2.05) is 37.3 Å². The molecule has 5 heteroatoms. The largest absolute Gasteiger partial charge is 0.398 e. The number of hydrogen-bond acceptors (Lipinski definition) is 3. The summed E-state index contributed by atoms with van der Waals surface area (Å²) in [5.74, 6) is 1.35. The Morgan fingerprint density at radius 3 is 2.70 bits per heavy atom. The molecule has 20 heavy (non-hydrogen) atoms. The van der Waals surface area contributed by atoms with Gasteiger partial charge in [0.2, 0.25) is 0 Å². The highest BCUT2D eigenvalue weighted by Crippen LogP contribution is 2.26. The van der Waals surface area contributed by atoms with Crippen LogP contribution in [0.4, 0.5) is 5.69 Å². The lowest BCUT2D eigenvalue weighted by Crippen LogP contribution is -1.88. The maximum atomic E-state index is 5.92. The average molecular weight is 285 g/mol. The SMILES string of the molecule is Cc1ccccc1-c1nc(-c2ccc(Cl)c(N)c2)n[nH]1. The molecule has 100 valence electrons. The molecule has 3 rings (SSSR count). The smallest absolute Gasteiger partial charge is 0.181 e. The maximum absolute atomic E-state index is 5.92. The monoisotopic (exact) mass is 284 g/mol. The summed E-state index contributed by atoms with van der Waals surface area (Å²) in [4.78, 5) is 4.52. The summed E-state index contributed by atoms with van der Waals surface area (Å²) in [5.41, 5.74) is 9.34. The zero-order chi connectivity index (χ0) is 14.1. The van der Waals surface area contributed by atoms with Gasteiger partial charge in [0.05, 0.1) is 10.7 Å². The highest BCUT2D eigenvalue weighted by molar-refractivity contribution is 6.33. The van der Waals surface area contributed by atoms with Crippen LogP contribution in [0.3, 0.4) is 0 Å². The van der Waals surface area contributed by atoms with Crippen LogP contribution in [0, 0.1) is 6.92 Å². The molecule has 1 heterocycles. The molecule has 3 N–H and O–H groups in total. The number of aryl methyl sites for hydroxylation is 1. The standard InChI is InChI=1S/C15H13ClN4/c1-9-4-2-3-5-11(9)15-18-14(19-20-15)10-6-7-12(16)13(17)8-10/h2-8H,17H2,1H3,(H,18,19,20). The van der Waals surface area contributed by atoms with E-state index in [1.54, 1.807) is 12.1 Å². The van der Waals surface area contributed by atoms with Gasteiger partial charge >= 0.3 is 0 Å². The number of nitrogens with one attached hydrogen (secondary N) is 1. The predicted octanol–water partition coefficient (Wildman–Crippen LogP) is 3.68. The van der Waals surface area contributed by atoms with Gasteiger partial charge in [-0.2, -0.15) is 5.10 Å². The third-order valence-electron chi connectivity index (χ3n) is 3.14. The lowest BCUT2D eigenvalue weighted by atomic mass is 10.1. The lowest BCUT2D eigenvalue weighted by molar-refractivity contribution is 1.10. The van der Waals surface area contributed by atoms with Gasteiger partial charge in [0.25, 0.3) is 0 Å². The highest BCUT2D eigenvalue weighted by atomic mass is 35.5. The molecule has 0 saturated carbocycles. The second-order valence-electron chi connectivity index (χ2n) is 4.56. The number of hydrogen-bond donors (Lipinski definition) is 2. The average Bonchev–Trinajstić information content (AvgIpc) is 2.92. The Bertz CT molecular complexity index is 764. The van der Waals surface area contributed by atoms with Gasteiger partial charge in [0, 0.05) is 11.1 Å². The molecule has 1 aromatic heterocycles. The number of aromatic nitrogens is 3. The van der Waals surface area contributed by atoms with Crippen LogP contribution in [0.25, 0.3) is 22.8 Å². The van der Waals surface area contributed by atoms with Crippen LogP contribution in [0.15, 0.2) is 42.5 Å². The third kappa shape index (κ3) is 2.26. The Hall–Kier alpha value is -2.33. The topological polar surface area (TPSA) is 67.6 Å². The van der Waals surface area contributed by atoms with Gasteiger partial charge in [-0.3, -0.25) is 5.10 Å². The minimum Gasteiger partial charge on any atom is -0.398 e. The van der Waals surface area contributed by atoms with E-state index in [0.29, 0.717) is 16.5 Å². The first-order valence-corrected chi connectivity index (χ1v) is 6.57. The highest BCUT2D eigenvalue weighted by Gasteiger charge is 2.10. The molecule has 0 unspecified atom stereocenters. The second-order valence-corrected chi connectivity index (χ2v) is 4.97. The molecule has 0 spiro atoms. The number of nitrogen functional groups attached to an aromatic ring is 1. The van der Waals surface area contributed by atoms with Crippen molar-refractivity contribution in [2.45, 2.75) is 6.92 Å². The molecule has 0 aliphatic carbocycles. The number of aromatic amines is 1. The fraction of sp³-hybridized carbons (Fsp3) is 0.0667. The maximum Gasteiger partial charge on any atom is 0.181 e. The number of halogens is 1. The van der Waals surface area contributed by atoms with Crippen molar-refractivity contribution in [1.29, 1.82) is 0 Å². The zero-order valence-electron chi connectivity index (χ0n) is 10.9. The molecule has 0 fully saturated rings. The van der Waals surface area contributed by atoms with Gasteiger partial charge in [-0.05, 0) is 30.7 Å². The van der Waals surface area contributed by atoms with Gasteiger partial charge in [-0.15, -0.1) is 0 Å². The summed E-state index contributed by atoms with van der Waals surface area (Å²) in [6, 6.07) is 13.4. The van der Waals surface area contributed by atoms with E-state index in [4.69, 9.17) is 17.3 Å². The van der Waals surface area contributed by atoms with Crippen molar-refractivity contribution in [2.75, 3.05) is 5.73 Å².